The third kappa shape index (κ3) is 6.48. The van der Waals surface area contributed by atoms with Gasteiger partial charge in [-0.25, -0.2) is 4.98 Å². The molecule has 10 aromatic carbocycles. The van der Waals surface area contributed by atoms with Gasteiger partial charge in [-0.15, -0.1) is 0 Å². The minimum absolute atomic E-state index is 0.988. The number of pyridine rings is 1. The summed E-state index contributed by atoms with van der Waals surface area (Å²) in [6, 6.07) is 87.8. The second-order valence-electron chi connectivity index (χ2n) is 16.3. The molecule has 0 aliphatic carbocycles. The third-order valence-corrected chi connectivity index (χ3v) is 12.5. The van der Waals surface area contributed by atoms with Crippen molar-refractivity contribution in [2.24, 2.45) is 0 Å². The summed E-state index contributed by atoms with van der Waals surface area (Å²) in [5.74, 6) is 0. The molecule has 0 aliphatic heterocycles. The lowest BCUT2D eigenvalue weighted by molar-refractivity contribution is 1.19. The Hall–Kier alpha value is -8.33. The highest BCUT2D eigenvalue weighted by molar-refractivity contribution is 6.27. The molecule has 0 fully saturated rings. The van der Waals surface area contributed by atoms with Crippen LogP contribution in [0.3, 0.4) is 0 Å². The molecule has 2 heterocycles. The summed E-state index contributed by atoms with van der Waals surface area (Å²) in [4.78, 5) is 5.27. The van der Waals surface area contributed by atoms with E-state index in [1.54, 1.807) is 0 Å². The molecule has 0 aliphatic rings. The molecular formula is C61H40N2. The minimum Gasteiger partial charge on any atom is -0.309 e. The Morgan fingerprint density at radius 1 is 0.270 bits per heavy atom. The van der Waals surface area contributed by atoms with E-state index in [9.17, 15) is 0 Å². The quantitative estimate of drug-likeness (QED) is 0.147. The van der Waals surface area contributed by atoms with Gasteiger partial charge in [-0.05, 0) is 110 Å². The van der Waals surface area contributed by atoms with Crippen molar-refractivity contribution in [2.45, 2.75) is 0 Å². The van der Waals surface area contributed by atoms with Gasteiger partial charge in [-0.2, -0.15) is 0 Å². The summed E-state index contributed by atoms with van der Waals surface area (Å²) in [5, 5.41) is 5.94. The summed E-state index contributed by atoms with van der Waals surface area (Å²) in [6.45, 7) is 0. The van der Waals surface area contributed by atoms with E-state index < -0.39 is 0 Å². The summed E-state index contributed by atoms with van der Waals surface area (Å²) in [7, 11) is 0. The molecule has 63 heavy (non-hydrogen) atoms. The first-order valence-corrected chi connectivity index (χ1v) is 21.6. The minimum atomic E-state index is 0.988. The predicted molar refractivity (Wildman–Crippen MR) is 266 cm³/mol. The molecule has 0 saturated carbocycles. The molecule has 12 rings (SSSR count). The maximum atomic E-state index is 5.27. The van der Waals surface area contributed by atoms with Crippen molar-refractivity contribution in [3.05, 3.63) is 243 Å². The second kappa shape index (κ2) is 15.3. The Balaban J connectivity index is 1.03. The van der Waals surface area contributed by atoms with Crippen LogP contribution in [0.5, 0.6) is 0 Å². The van der Waals surface area contributed by atoms with Crippen molar-refractivity contribution >= 4 is 43.5 Å². The number of hydrogen-bond donors (Lipinski definition) is 0. The van der Waals surface area contributed by atoms with Crippen LogP contribution in [0.2, 0.25) is 0 Å². The van der Waals surface area contributed by atoms with Crippen molar-refractivity contribution in [2.75, 3.05) is 0 Å². The van der Waals surface area contributed by atoms with Gasteiger partial charge in [0.2, 0.25) is 0 Å². The molecule has 0 atom stereocenters. The number of benzene rings is 10. The van der Waals surface area contributed by atoms with Gasteiger partial charge in [0, 0.05) is 38.2 Å². The van der Waals surface area contributed by atoms with E-state index in [4.69, 9.17) is 4.98 Å². The topological polar surface area (TPSA) is 17.8 Å². The molecule has 12 aromatic rings. The molecule has 0 radical (unpaired) electrons. The van der Waals surface area contributed by atoms with Crippen LogP contribution < -0.4 is 0 Å². The molecule has 0 bridgehead atoms. The lowest BCUT2D eigenvalue weighted by Crippen LogP contribution is -1.96. The lowest BCUT2D eigenvalue weighted by Gasteiger charge is -2.14. The molecule has 2 nitrogen and oxygen atoms in total. The molecule has 0 saturated heterocycles. The fourth-order valence-electron chi connectivity index (χ4n) is 9.50. The zero-order valence-corrected chi connectivity index (χ0v) is 34.5. The van der Waals surface area contributed by atoms with E-state index in [1.165, 1.54) is 82.8 Å². The van der Waals surface area contributed by atoms with E-state index in [-0.39, 0.29) is 0 Å². The summed E-state index contributed by atoms with van der Waals surface area (Å²) < 4.78 is 2.46. The highest BCUT2D eigenvalue weighted by Crippen LogP contribution is 2.43. The van der Waals surface area contributed by atoms with Crippen LogP contribution in [-0.4, -0.2) is 9.55 Å². The summed E-state index contributed by atoms with van der Waals surface area (Å²) in [6.07, 6.45) is 0. The van der Waals surface area contributed by atoms with Gasteiger partial charge in [0.1, 0.15) is 0 Å². The second-order valence-corrected chi connectivity index (χ2v) is 16.3. The highest BCUT2D eigenvalue weighted by Gasteiger charge is 2.20. The van der Waals surface area contributed by atoms with E-state index in [1.807, 2.05) is 0 Å². The van der Waals surface area contributed by atoms with Crippen LogP contribution in [0.25, 0.3) is 116 Å². The van der Waals surface area contributed by atoms with Crippen LogP contribution in [0.1, 0.15) is 0 Å². The fraction of sp³-hybridized carbons (Fsp3) is 0. The number of aromatic nitrogens is 2. The average Bonchev–Trinajstić information content (AvgIpc) is 3.71. The predicted octanol–water partition coefficient (Wildman–Crippen LogP) is 16.5. The van der Waals surface area contributed by atoms with Gasteiger partial charge in [0.05, 0.1) is 22.2 Å². The number of fused-ring (bicyclic) bond motifs is 7. The molecule has 0 spiro atoms. The molecule has 0 unspecified atom stereocenters. The smallest absolute Gasteiger partial charge is 0.0788 e. The van der Waals surface area contributed by atoms with Gasteiger partial charge < -0.3 is 4.57 Å². The molecular weight excluding hydrogens is 761 g/mol. The van der Waals surface area contributed by atoms with Crippen LogP contribution in [0, 0.1) is 0 Å². The summed E-state index contributed by atoms with van der Waals surface area (Å²) in [5.41, 5.74) is 18.5. The normalized spacial score (nSPS) is 11.5. The van der Waals surface area contributed by atoms with Gasteiger partial charge in [-0.3, -0.25) is 0 Å². The van der Waals surface area contributed by atoms with E-state index in [0.717, 1.165) is 33.2 Å². The molecule has 0 amide bonds. The van der Waals surface area contributed by atoms with Crippen molar-refractivity contribution in [1.29, 1.82) is 0 Å². The average molecular weight is 801 g/mol. The third-order valence-electron chi connectivity index (χ3n) is 12.5. The Kier molecular flexibility index (Phi) is 8.86. The molecule has 2 aromatic heterocycles. The van der Waals surface area contributed by atoms with E-state index in [0.29, 0.717) is 0 Å². The maximum Gasteiger partial charge on any atom is 0.0788 e. The molecule has 2 heteroatoms. The molecule has 0 N–H and O–H groups in total. The van der Waals surface area contributed by atoms with Crippen LogP contribution in [0.4, 0.5) is 0 Å². The Bertz CT molecular complexity index is 3630. The van der Waals surface area contributed by atoms with Crippen LogP contribution in [0.15, 0.2) is 243 Å². The van der Waals surface area contributed by atoms with Crippen LogP contribution >= 0.6 is 0 Å². The Morgan fingerprint density at radius 3 is 1.38 bits per heavy atom. The van der Waals surface area contributed by atoms with Gasteiger partial charge >= 0.3 is 0 Å². The largest absolute Gasteiger partial charge is 0.309 e. The van der Waals surface area contributed by atoms with Crippen molar-refractivity contribution in [1.82, 2.24) is 9.55 Å². The van der Waals surface area contributed by atoms with Crippen LogP contribution in [-0.2, 0) is 0 Å². The van der Waals surface area contributed by atoms with Crippen molar-refractivity contribution in [3.8, 4) is 72.6 Å². The van der Waals surface area contributed by atoms with Gasteiger partial charge in [0.25, 0.3) is 0 Å². The Labute approximate surface area is 366 Å². The summed E-state index contributed by atoms with van der Waals surface area (Å²) >= 11 is 0. The fourth-order valence-corrected chi connectivity index (χ4v) is 9.50. The van der Waals surface area contributed by atoms with Crippen molar-refractivity contribution in [3.63, 3.8) is 0 Å². The zero-order valence-electron chi connectivity index (χ0n) is 34.5. The van der Waals surface area contributed by atoms with Gasteiger partial charge in [-0.1, -0.05) is 188 Å². The zero-order chi connectivity index (χ0) is 41.7. The monoisotopic (exact) mass is 800 g/mol. The standard InChI is InChI=1S/C61H40N2/c1-5-16-41(17-6-1)43-28-30-44(31-29-43)50-37-49(42-18-7-2-8-19-42)38-51(39-50)47-23-15-22-46(36-47)48-32-35-58-56(40-48)53-33-34-55-59(61(53)63(58)52-24-11-4-12-25-52)54-26-13-14-27-57(54)62-60(55)45-20-9-3-10-21-45/h1-40H. The highest BCUT2D eigenvalue weighted by atomic mass is 15.0. The number of para-hydroxylation sites is 2. The number of hydrogen-bond acceptors (Lipinski definition) is 1. The molecule has 294 valence electrons. The maximum absolute atomic E-state index is 5.27. The number of rotatable bonds is 7. The Morgan fingerprint density at radius 2 is 0.714 bits per heavy atom. The first kappa shape index (κ1) is 36.5. The first-order chi connectivity index (χ1) is 31.2. The van der Waals surface area contributed by atoms with Gasteiger partial charge in [0.15, 0.2) is 0 Å². The lowest BCUT2D eigenvalue weighted by atomic mass is 9.91. The SMILES string of the molecule is c1ccc(-c2ccc(-c3cc(-c4ccccc4)cc(-c4cccc(-c5ccc6c(c5)c5ccc7c(-c8ccccc8)nc8ccccc8c7c5n6-c5ccccc5)c4)c3)cc2)cc1. The van der Waals surface area contributed by atoms with Crippen molar-refractivity contribution < 1.29 is 0 Å². The van der Waals surface area contributed by atoms with E-state index in [2.05, 4.69) is 247 Å². The first-order valence-electron chi connectivity index (χ1n) is 21.6. The number of nitrogens with zero attached hydrogens (tertiary/aromatic N) is 2. The van der Waals surface area contributed by atoms with E-state index >= 15 is 0 Å².